The Kier molecular flexibility index (Phi) is 4.21. The van der Waals surface area contributed by atoms with E-state index in [1.165, 1.54) is 6.20 Å². The van der Waals surface area contributed by atoms with E-state index < -0.39 is 0 Å². The average molecular weight is 263 g/mol. The van der Waals surface area contributed by atoms with Crippen molar-refractivity contribution in [2.24, 2.45) is 5.84 Å². The van der Waals surface area contributed by atoms with Crippen molar-refractivity contribution in [2.75, 3.05) is 12.0 Å². The number of pyridine rings is 1. The number of nitrogens with one attached hydrogen (secondary N) is 2. The standard InChI is InChI=1S/C11H13N5OS/c12-16-9-7-13-3-1-8(9)11(17)15-4-2-10-14-5-6-18-10/h1,3,5-7,16H,2,4,12H2,(H,15,17). The van der Waals surface area contributed by atoms with Gasteiger partial charge in [-0.1, -0.05) is 0 Å². The molecule has 4 N–H and O–H groups in total. The minimum absolute atomic E-state index is 0.179. The van der Waals surface area contributed by atoms with Crippen LogP contribution in [0.15, 0.2) is 30.0 Å². The molecule has 0 aliphatic rings. The summed E-state index contributed by atoms with van der Waals surface area (Å²) in [5, 5.41) is 5.73. The first-order valence-electron chi connectivity index (χ1n) is 5.38. The van der Waals surface area contributed by atoms with Gasteiger partial charge in [0.25, 0.3) is 5.91 Å². The maximum absolute atomic E-state index is 11.9. The molecular formula is C11H13N5OS. The molecule has 0 saturated heterocycles. The molecule has 2 aromatic heterocycles. The smallest absolute Gasteiger partial charge is 0.253 e. The molecule has 7 heteroatoms. The van der Waals surface area contributed by atoms with Crippen LogP contribution in [0.5, 0.6) is 0 Å². The number of carbonyl (C=O) groups excluding carboxylic acids is 1. The zero-order chi connectivity index (χ0) is 12.8. The number of rotatable bonds is 5. The molecule has 0 radical (unpaired) electrons. The Balaban J connectivity index is 1.91. The number of hydrogen-bond acceptors (Lipinski definition) is 6. The van der Waals surface area contributed by atoms with Crippen molar-refractivity contribution in [1.29, 1.82) is 0 Å². The van der Waals surface area contributed by atoms with Gasteiger partial charge in [0.1, 0.15) is 0 Å². The highest BCUT2D eigenvalue weighted by Crippen LogP contribution is 2.11. The zero-order valence-corrected chi connectivity index (χ0v) is 10.4. The van der Waals surface area contributed by atoms with E-state index in [-0.39, 0.29) is 5.91 Å². The molecule has 0 aromatic carbocycles. The van der Waals surface area contributed by atoms with Crippen molar-refractivity contribution in [3.05, 3.63) is 40.6 Å². The number of carbonyl (C=O) groups is 1. The third-order valence-electron chi connectivity index (χ3n) is 2.33. The molecule has 6 nitrogen and oxygen atoms in total. The Morgan fingerprint density at radius 3 is 3.06 bits per heavy atom. The van der Waals surface area contributed by atoms with Crippen molar-refractivity contribution in [3.8, 4) is 0 Å². The number of anilines is 1. The normalized spacial score (nSPS) is 10.1. The molecule has 0 spiro atoms. The number of nitrogens with zero attached hydrogens (tertiary/aromatic N) is 2. The average Bonchev–Trinajstić information content (AvgIpc) is 2.91. The summed E-state index contributed by atoms with van der Waals surface area (Å²) in [4.78, 5) is 19.9. The van der Waals surface area contributed by atoms with Gasteiger partial charge in [-0.15, -0.1) is 11.3 Å². The van der Waals surface area contributed by atoms with E-state index in [9.17, 15) is 4.79 Å². The molecular weight excluding hydrogens is 250 g/mol. The summed E-state index contributed by atoms with van der Waals surface area (Å²) in [6.07, 6.45) is 5.54. The minimum atomic E-state index is -0.179. The van der Waals surface area contributed by atoms with E-state index in [1.54, 1.807) is 29.8 Å². The fraction of sp³-hybridized carbons (Fsp3) is 0.182. The van der Waals surface area contributed by atoms with Crippen LogP contribution in [0, 0.1) is 0 Å². The van der Waals surface area contributed by atoms with E-state index in [2.05, 4.69) is 20.7 Å². The molecule has 1 amide bonds. The molecule has 0 aliphatic carbocycles. The maximum Gasteiger partial charge on any atom is 0.253 e. The van der Waals surface area contributed by atoms with Crippen LogP contribution < -0.4 is 16.6 Å². The lowest BCUT2D eigenvalue weighted by molar-refractivity contribution is 0.0955. The van der Waals surface area contributed by atoms with Crippen molar-refractivity contribution in [1.82, 2.24) is 15.3 Å². The first-order valence-corrected chi connectivity index (χ1v) is 6.26. The predicted molar refractivity (Wildman–Crippen MR) is 70.2 cm³/mol. The molecule has 0 fully saturated rings. The number of hydrogen-bond donors (Lipinski definition) is 3. The first kappa shape index (κ1) is 12.5. The molecule has 2 aromatic rings. The molecule has 2 heterocycles. The number of amides is 1. The van der Waals surface area contributed by atoms with E-state index in [0.29, 0.717) is 17.8 Å². The maximum atomic E-state index is 11.9. The van der Waals surface area contributed by atoms with Crippen molar-refractivity contribution >= 4 is 22.9 Å². The van der Waals surface area contributed by atoms with Crippen molar-refractivity contribution < 1.29 is 4.79 Å². The molecule has 18 heavy (non-hydrogen) atoms. The van der Waals surface area contributed by atoms with Gasteiger partial charge in [0.05, 0.1) is 22.5 Å². The summed E-state index contributed by atoms with van der Waals surface area (Å²) in [5.74, 6) is 5.14. The van der Waals surface area contributed by atoms with Gasteiger partial charge in [0, 0.05) is 30.7 Å². The van der Waals surface area contributed by atoms with Crippen LogP contribution in [0.3, 0.4) is 0 Å². The lowest BCUT2D eigenvalue weighted by atomic mass is 10.2. The van der Waals surface area contributed by atoms with Gasteiger partial charge in [-0.2, -0.15) is 0 Å². The Morgan fingerprint density at radius 1 is 1.44 bits per heavy atom. The number of aromatic nitrogens is 2. The van der Waals surface area contributed by atoms with Gasteiger partial charge in [-0.25, -0.2) is 4.98 Å². The molecule has 0 bridgehead atoms. The van der Waals surface area contributed by atoms with Gasteiger partial charge in [-0.3, -0.25) is 15.6 Å². The molecule has 0 aliphatic heterocycles. The summed E-state index contributed by atoms with van der Waals surface area (Å²) in [5.41, 5.74) is 3.43. The SMILES string of the molecule is NNc1cnccc1C(=O)NCCc1nccs1. The topological polar surface area (TPSA) is 92.9 Å². The van der Waals surface area contributed by atoms with Gasteiger partial charge < -0.3 is 10.7 Å². The Hall–Kier alpha value is -1.99. The second-order valence-electron chi connectivity index (χ2n) is 3.50. The highest BCUT2D eigenvalue weighted by atomic mass is 32.1. The summed E-state index contributed by atoms with van der Waals surface area (Å²) in [7, 11) is 0. The van der Waals surface area contributed by atoms with Crippen LogP contribution >= 0.6 is 11.3 Å². The highest BCUT2D eigenvalue weighted by Gasteiger charge is 2.10. The molecule has 2 rings (SSSR count). The third kappa shape index (κ3) is 3.02. The summed E-state index contributed by atoms with van der Waals surface area (Å²) >= 11 is 1.57. The second kappa shape index (κ2) is 6.08. The van der Waals surface area contributed by atoms with E-state index in [0.717, 1.165) is 11.4 Å². The molecule has 0 saturated carbocycles. The number of hydrazine groups is 1. The van der Waals surface area contributed by atoms with Crippen LogP contribution in [0.1, 0.15) is 15.4 Å². The number of nitrogen functional groups attached to an aromatic ring is 1. The predicted octanol–water partition coefficient (Wildman–Crippen LogP) is 0.796. The highest BCUT2D eigenvalue weighted by molar-refractivity contribution is 7.09. The van der Waals surface area contributed by atoms with Gasteiger partial charge in [-0.05, 0) is 6.07 Å². The lowest BCUT2D eigenvalue weighted by Crippen LogP contribution is -2.27. The van der Waals surface area contributed by atoms with Crippen LogP contribution in [0.2, 0.25) is 0 Å². The monoisotopic (exact) mass is 263 g/mol. The molecule has 94 valence electrons. The van der Waals surface area contributed by atoms with E-state index >= 15 is 0 Å². The number of thiazole rings is 1. The first-order chi connectivity index (χ1) is 8.81. The van der Waals surface area contributed by atoms with Gasteiger partial charge >= 0.3 is 0 Å². The summed E-state index contributed by atoms with van der Waals surface area (Å²) < 4.78 is 0. The quantitative estimate of drug-likeness (QED) is 0.548. The Morgan fingerprint density at radius 2 is 2.33 bits per heavy atom. The van der Waals surface area contributed by atoms with Crippen LogP contribution in [-0.2, 0) is 6.42 Å². The van der Waals surface area contributed by atoms with E-state index in [1.807, 2.05) is 5.38 Å². The van der Waals surface area contributed by atoms with Crippen LogP contribution in [0.4, 0.5) is 5.69 Å². The summed E-state index contributed by atoms with van der Waals surface area (Å²) in [6, 6.07) is 1.62. The third-order valence-corrected chi connectivity index (χ3v) is 3.17. The Bertz CT molecular complexity index is 514. The fourth-order valence-corrected chi connectivity index (χ4v) is 2.08. The summed E-state index contributed by atoms with van der Waals surface area (Å²) in [6.45, 7) is 0.540. The lowest BCUT2D eigenvalue weighted by Gasteiger charge is -2.08. The second-order valence-corrected chi connectivity index (χ2v) is 4.48. The molecule has 0 atom stereocenters. The minimum Gasteiger partial charge on any atom is -0.352 e. The Labute approximate surface area is 108 Å². The largest absolute Gasteiger partial charge is 0.352 e. The fourth-order valence-electron chi connectivity index (χ4n) is 1.46. The van der Waals surface area contributed by atoms with Crippen molar-refractivity contribution in [3.63, 3.8) is 0 Å². The molecule has 0 unspecified atom stereocenters. The van der Waals surface area contributed by atoms with Crippen LogP contribution in [-0.4, -0.2) is 22.4 Å². The van der Waals surface area contributed by atoms with Gasteiger partial charge in [0.2, 0.25) is 0 Å². The number of nitrogens with two attached hydrogens (primary N) is 1. The van der Waals surface area contributed by atoms with E-state index in [4.69, 9.17) is 5.84 Å². The van der Waals surface area contributed by atoms with Gasteiger partial charge in [0.15, 0.2) is 0 Å². The van der Waals surface area contributed by atoms with Crippen LogP contribution in [0.25, 0.3) is 0 Å². The van der Waals surface area contributed by atoms with Crippen molar-refractivity contribution in [2.45, 2.75) is 6.42 Å². The zero-order valence-electron chi connectivity index (χ0n) is 9.59.